The molecule has 73 heavy (non-hydrogen) atoms. The molecule has 2 rings (SSSR count). The van der Waals surface area contributed by atoms with Gasteiger partial charge in [-0.15, -0.1) is 0 Å². The van der Waals surface area contributed by atoms with Crippen LogP contribution in [0, 0.1) is 23.7 Å². The molecule has 9 amide bonds. The number of aliphatic carboxylic acids is 1. The highest BCUT2D eigenvalue weighted by Gasteiger charge is 2.41. The number of hydrogen-bond donors (Lipinski definition) is 11. The summed E-state index contributed by atoms with van der Waals surface area (Å²) in [5, 5.41) is 28.4. The van der Waals surface area contributed by atoms with E-state index < -0.39 is 126 Å². The van der Waals surface area contributed by atoms with Gasteiger partial charge in [-0.25, -0.2) is 4.79 Å². The van der Waals surface area contributed by atoms with E-state index in [0.29, 0.717) is 30.6 Å². The van der Waals surface area contributed by atoms with Gasteiger partial charge in [-0.2, -0.15) is 24.4 Å². The third-order valence-electron chi connectivity index (χ3n) is 12.8. The van der Waals surface area contributed by atoms with E-state index in [0.717, 1.165) is 0 Å². The summed E-state index contributed by atoms with van der Waals surface area (Å²) in [7, 11) is 0. The minimum atomic E-state index is -1.60. The minimum Gasteiger partial charge on any atom is -0.480 e. The number of carboxylic acids is 1. The summed E-state index contributed by atoms with van der Waals surface area (Å²) in [5.74, 6) is -8.41. The number of nitrogens with one attached hydrogen (secondary N) is 7. The van der Waals surface area contributed by atoms with Crippen molar-refractivity contribution in [2.45, 2.75) is 168 Å². The molecule has 21 nitrogen and oxygen atoms in total. The maximum Gasteiger partial charge on any atom is 0.326 e. The summed E-state index contributed by atoms with van der Waals surface area (Å²) < 4.78 is 0. The van der Waals surface area contributed by atoms with Crippen LogP contribution in [0.4, 0.5) is 0 Å². The molecule has 1 fully saturated rings. The van der Waals surface area contributed by atoms with E-state index in [1.54, 1.807) is 58.0 Å². The lowest BCUT2D eigenvalue weighted by molar-refractivity contribution is -0.143. The van der Waals surface area contributed by atoms with Crippen molar-refractivity contribution in [3.05, 3.63) is 35.9 Å². The molecule has 1 saturated heterocycles. The summed E-state index contributed by atoms with van der Waals surface area (Å²) >= 11 is 5.78. The third kappa shape index (κ3) is 21.2. The first-order chi connectivity index (χ1) is 34.4. The summed E-state index contributed by atoms with van der Waals surface area (Å²) in [6.07, 6.45) is 3.24. The molecule has 1 aromatic rings. The van der Waals surface area contributed by atoms with Crippen molar-refractivity contribution in [3.8, 4) is 0 Å². The SMILES string of the molecule is CC[C@H](C)[C@H](N)C(=O)N[C@@H](CC(C)C)C(=O)N[C@@H](CS)C(=O)N1CCC[C@H]1C(=O)N[C@@H](CCSC)C(=O)N[C@H](C(=O)N[C@@H](Cc1ccccc1)C(=O)N[C@@H](CC(N)=O)C(=O)N[C@@H](CC(C)C)C(=O)O)[C@@H](C)CC. The number of carbonyl (C=O) groups is 10. The molecule has 1 aliphatic rings. The van der Waals surface area contributed by atoms with E-state index in [1.807, 2.05) is 34.0 Å². The molecule has 0 spiro atoms. The van der Waals surface area contributed by atoms with E-state index in [1.165, 1.54) is 16.7 Å². The maximum absolute atomic E-state index is 14.4. The molecule has 410 valence electrons. The highest BCUT2D eigenvalue weighted by Crippen LogP contribution is 2.21. The number of primary amides is 1. The van der Waals surface area contributed by atoms with Crippen LogP contribution in [-0.4, -0.2) is 148 Å². The molecule has 0 unspecified atom stereocenters. The van der Waals surface area contributed by atoms with Crippen molar-refractivity contribution in [1.82, 2.24) is 42.1 Å². The Morgan fingerprint density at radius 1 is 0.685 bits per heavy atom. The Kier molecular flexibility index (Phi) is 27.9. The average molecular weight is 1060 g/mol. The lowest BCUT2D eigenvalue weighted by atomic mass is 9.96. The minimum absolute atomic E-state index is 0.00573. The number of nitrogens with zero attached hydrogens (tertiary/aromatic N) is 1. The molecule has 0 bridgehead atoms. The zero-order valence-corrected chi connectivity index (χ0v) is 45.6. The molecule has 0 aliphatic carbocycles. The number of nitrogens with two attached hydrogens (primary N) is 2. The molecular formula is C50H82N10O11S2. The number of hydrogen-bond acceptors (Lipinski definition) is 13. The number of carboxylic acid groups (broad SMARTS) is 1. The van der Waals surface area contributed by atoms with Crippen LogP contribution in [0.1, 0.15) is 112 Å². The molecule has 11 atom stereocenters. The largest absolute Gasteiger partial charge is 0.480 e. The number of benzene rings is 1. The van der Waals surface area contributed by atoms with E-state index in [2.05, 4.69) is 49.8 Å². The van der Waals surface area contributed by atoms with Crippen LogP contribution in [0.15, 0.2) is 30.3 Å². The summed E-state index contributed by atoms with van der Waals surface area (Å²) in [5.41, 5.74) is 12.2. The van der Waals surface area contributed by atoms with Gasteiger partial charge >= 0.3 is 5.97 Å². The Balaban J connectivity index is 2.37. The lowest BCUT2D eigenvalue weighted by Crippen LogP contribution is -2.61. The van der Waals surface area contributed by atoms with E-state index in [9.17, 15) is 53.1 Å². The lowest BCUT2D eigenvalue weighted by Gasteiger charge is -2.31. The average Bonchev–Trinajstić information content (AvgIpc) is 3.84. The zero-order chi connectivity index (χ0) is 55.1. The fourth-order valence-electron chi connectivity index (χ4n) is 8.14. The number of rotatable bonds is 32. The van der Waals surface area contributed by atoms with Crippen molar-refractivity contribution in [3.63, 3.8) is 0 Å². The standard InChI is InChI=1S/C50H82N10O11S2/c1-10-29(7)40(52)47(67)55-33(22-27(3)4)43(63)58-37(26-72)49(69)60-20-15-18-38(60)46(66)53-32(19-21-73-9)42(62)59-41(30(8)11-2)48(68)56-34(24-31-16-13-12-14-17-31)44(64)54-35(25-39(51)61)45(65)57-36(50(70)71)23-28(5)6/h12-14,16-17,27-30,32-38,40-41,72H,10-11,15,18-26,52H2,1-9H3,(H2,51,61)(H,53,66)(H,54,64)(H,55,67)(H,56,68)(H,57,65)(H,58,63)(H,59,62)(H,70,71)/t29-,30-,32-,33-,34-,35-,36-,37-,38-,40-,41-/m0/s1. The van der Waals surface area contributed by atoms with E-state index >= 15 is 0 Å². The van der Waals surface area contributed by atoms with Gasteiger partial charge in [-0.3, -0.25) is 43.2 Å². The second-order valence-electron chi connectivity index (χ2n) is 19.8. The van der Waals surface area contributed by atoms with Crippen LogP contribution < -0.4 is 48.7 Å². The number of likely N-dealkylation sites (tertiary alicyclic amines) is 1. The fraction of sp³-hybridized carbons (Fsp3) is 0.680. The Hall–Kier alpha value is -5.42. The fourth-order valence-corrected chi connectivity index (χ4v) is 8.86. The highest BCUT2D eigenvalue weighted by molar-refractivity contribution is 7.98. The van der Waals surface area contributed by atoms with Gasteiger partial charge in [0.15, 0.2) is 0 Å². The van der Waals surface area contributed by atoms with Gasteiger partial charge in [0.05, 0.1) is 12.5 Å². The monoisotopic (exact) mass is 1060 g/mol. The number of thioether (sulfide) groups is 1. The molecule has 0 saturated carbocycles. The van der Waals surface area contributed by atoms with Crippen molar-refractivity contribution in [2.75, 3.05) is 24.3 Å². The normalized spacial score (nSPS) is 17.5. The first-order valence-electron chi connectivity index (χ1n) is 25.2. The smallest absolute Gasteiger partial charge is 0.326 e. The van der Waals surface area contributed by atoms with Crippen LogP contribution in [-0.2, 0) is 54.4 Å². The zero-order valence-electron chi connectivity index (χ0n) is 43.9. The molecule has 0 radical (unpaired) electrons. The quantitative estimate of drug-likeness (QED) is 0.0445. The molecule has 1 aromatic carbocycles. The second kappa shape index (κ2) is 32.0. The van der Waals surface area contributed by atoms with Gasteiger partial charge in [0, 0.05) is 18.7 Å². The maximum atomic E-state index is 14.4. The Morgan fingerprint density at radius 2 is 1.21 bits per heavy atom. The first kappa shape index (κ1) is 63.7. The Morgan fingerprint density at radius 3 is 1.75 bits per heavy atom. The van der Waals surface area contributed by atoms with Crippen LogP contribution >= 0.6 is 24.4 Å². The van der Waals surface area contributed by atoms with Gasteiger partial charge in [-0.1, -0.05) is 98.6 Å². The summed E-state index contributed by atoms with van der Waals surface area (Å²) in [6, 6.07) is -2.16. The Bertz CT molecular complexity index is 2030. The predicted molar refractivity (Wildman–Crippen MR) is 282 cm³/mol. The molecule has 0 aromatic heterocycles. The second-order valence-corrected chi connectivity index (χ2v) is 21.1. The van der Waals surface area contributed by atoms with Crippen molar-refractivity contribution in [1.29, 1.82) is 0 Å². The van der Waals surface area contributed by atoms with Gasteiger partial charge in [0.2, 0.25) is 53.2 Å². The van der Waals surface area contributed by atoms with Crippen LogP contribution in [0.5, 0.6) is 0 Å². The number of amides is 9. The van der Waals surface area contributed by atoms with Crippen molar-refractivity contribution in [2.24, 2.45) is 35.1 Å². The highest BCUT2D eigenvalue weighted by atomic mass is 32.2. The van der Waals surface area contributed by atoms with E-state index in [4.69, 9.17) is 11.5 Å². The van der Waals surface area contributed by atoms with Crippen molar-refractivity contribution < 1.29 is 53.1 Å². The third-order valence-corrected chi connectivity index (χ3v) is 13.9. The summed E-state index contributed by atoms with van der Waals surface area (Å²) in [4.78, 5) is 136. The molecule has 1 aliphatic heterocycles. The molecule has 23 heteroatoms. The predicted octanol–water partition coefficient (Wildman–Crippen LogP) is 0.768. The first-order valence-corrected chi connectivity index (χ1v) is 27.2. The van der Waals surface area contributed by atoms with Crippen LogP contribution in [0.2, 0.25) is 0 Å². The number of carbonyl (C=O) groups excluding carboxylic acids is 9. The van der Waals surface area contributed by atoms with Crippen LogP contribution in [0.3, 0.4) is 0 Å². The molecule has 1 heterocycles. The van der Waals surface area contributed by atoms with Gasteiger partial charge in [-0.05, 0) is 73.3 Å². The van der Waals surface area contributed by atoms with Gasteiger partial charge in [0.25, 0.3) is 0 Å². The van der Waals surface area contributed by atoms with Crippen LogP contribution in [0.25, 0.3) is 0 Å². The van der Waals surface area contributed by atoms with Gasteiger partial charge in [0.1, 0.15) is 48.3 Å². The Labute approximate surface area is 439 Å². The van der Waals surface area contributed by atoms with Gasteiger partial charge < -0.3 is 58.7 Å². The summed E-state index contributed by atoms with van der Waals surface area (Å²) in [6.45, 7) is 14.7. The van der Waals surface area contributed by atoms with Crippen molar-refractivity contribution >= 4 is 83.5 Å². The van der Waals surface area contributed by atoms with E-state index in [-0.39, 0.29) is 62.2 Å². The molecular weight excluding hydrogens is 981 g/mol. The number of thiol groups is 1. The topological polar surface area (TPSA) is 330 Å². The molecule has 12 N–H and O–H groups in total.